The maximum Gasteiger partial charge on any atom is 0.663 e. The molecule has 4 aliphatic rings. The number of nitrogens with zero attached hydrogens (tertiary/aromatic N) is 1. The molecule has 4 rings (SSSR count). The van der Waals surface area contributed by atoms with Crippen LogP contribution in [0.3, 0.4) is 0 Å². The zero-order chi connectivity index (χ0) is 31.8. The molecule has 43 heavy (non-hydrogen) atoms. The molecule has 0 radical (unpaired) electrons. The van der Waals surface area contributed by atoms with Crippen molar-refractivity contribution >= 4 is 12.8 Å². The lowest BCUT2D eigenvalue weighted by molar-refractivity contribution is -0.519. The minimum absolute atomic E-state index is 0.0165. The lowest BCUT2D eigenvalue weighted by atomic mass is 9.36. The molecule has 2 N–H and O–H groups in total. The molecule has 0 aromatic rings. The molecule has 0 aromatic carbocycles. The van der Waals surface area contributed by atoms with E-state index < -0.39 is 47.6 Å². The van der Waals surface area contributed by atoms with Crippen molar-refractivity contribution in [2.45, 2.75) is 85.5 Å². The molecule has 2 saturated carbocycles. The number of hydrogen-bond acceptors (Lipinski definition) is 4. The average Bonchev–Trinajstić information content (AvgIpc) is 2.94. The average molecular weight is 598 g/mol. The number of aliphatic hydroxyl groups excluding tert-OH is 2. The van der Waals surface area contributed by atoms with Crippen LogP contribution in [0.1, 0.15) is 67.2 Å². The van der Waals surface area contributed by atoms with Gasteiger partial charge in [0, 0.05) is 29.1 Å². The van der Waals surface area contributed by atoms with E-state index in [4.69, 9.17) is 9.31 Å². The smallest absolute Gasteiger partial charge is 0.642 e. The van der Waals surface area contributed by atoms with Crippen LogP contribution < -0.4 is 0 Å². The van der Waals surface area contributed by atoms with E-state index in [0.717, 1.165) is 29.9 Å². The summed E-state index contributed by atoms with van der Waals surface area (Å²) in [6, 6.07) is 0. The summed E-state index contributed by atoms with van der Waals surface area (Å²) < 4.78 is 44.0. The van der Waals surface area contributed by atoms with Crippen LogP contribution in [0, 0.1) is 28.1 Å². The first-order valence-electron chi connectivity index (χ1n) is 15.7. The van der Waals surface area contributed by atoms with Crippen LogP contribution in [0.25, 0.3) is 0 Å². The van der Waals surface area contributed by atoms with Crippen molar-refractivity contribution in [3.8, 4) is 0 Å². The molecule has 7 atom stereocenters. The number of aliphatic hydroxyl groups is 2. The Morgan fingerprint density at radius 1 is 1.05 bits per heavy atom. The van der Waals surface area contributed by atoms with Gasteiger partial charge in [-0.15, -0.1) is 13.2 Å². The second kappa shape index (κ2) is 12.5. The summed E-state index contributed by atoms with van der Waals surface area (Å²) >= 11 is 0. The number of hydrogen-bond donors (Lipinski definition) is 2. The summed E-state index contributed by atoms with van der Waals surface area (Å²) in [6.45, 7) is 22.1. The van der Waals surface area contributed by atoms with Crippen LogP contribution in [0.5, 0.6) is 0 Å². The van der Waals surface area contributed by atoms with Crippen molar-refractivity contribution in [1.82, 2.24) is 0 Å². The van der Waals surface area contributed by atoms with Gasteiger partial charge in [0.1, 0.15) is 13.1 Å². The van der Waals surface area contributed by atoms with E-state index in [9.17, 15) is 10.2 Å². The van der Waals surface area contributed by atoms with E-state index in [-0.39, 0.29) is 18.1 Å². The van der Waals surface area contributed by atoms with Crippen molar-refractivity contribution < 1.29 is 32.7 Å². The van der Waals surface area contributed by atoms with Crippen molar-refractivity contribution in [3.63, 3.8) is 0 Å². The number of fused-ring (bicyclic) bond motifs is 4. The van der Waals surface area contributed by atoms with E-state index >= 15 is 8.63 Å². The van der Waals surface area contributed by atoms with E-state index in [2.05, 4.69) is 37.7 Å². The maximum atomic E-state index is 15.4. The SMILES string of the molecule is C=CC[C@@]12C[C@@H](CC=C(C)C)C(C)(C)[C@@](CC=C)(C3O[B-](F)(F)O/C(=C\C=C4C=CC(=[N+](CC)CC)C=C4)C3C1O)C2O. The van der Waals surface area contributed by atoms with Crippen molar-refractivity contribution in [2.24, 2.45) is 28.1 Å². The molecule has 3 fully saturated rings. The lowest BCUT2D eigenvalue weighted by Crippen LogP contribution is -2.78. The van der Waals surface area contributed by atoms with E-state index in [1.165, 1.54) is 0 Å². The third-order valence-electron chi connectivity index (χ3n) is 10.8. The second-order valence-electron chi connectivity index (χ2n) is 13.5. The highest BCUT2D eigenvalue weighted by molar-refractivity contribution is 6.52. The Labute approximate surface area is 256 Å². The largest absolute Gasteiger partial charge is 0.663 e. The third-order valence-corrected chi connectivity index (χ3v) is 10.8. The van der Waals surface area contributed by atoms with Crippen LogP contribution in [0.15, 0.2) is 84.7 Å². The summed E-state index contributed by atoms with van der Waals surface area (Å²) in [5.74, 6) is -0.953. The van der Waals surface area contributed by atoms with Crippen molar-refractivity contribution in [1.29, 1.82) is 0 Å². The first-order chi connectivity index (χ1) is 20.2. The fourth-order valence-corrected chi connectivity index (χ4v) is 8.45. The minimum Gasteiger partial charge on any atom is -0.642 e. The maximum absolute atomic E-state index is 15.4. The number of rotatable bonds is 9. The fourth-order valence-electron chi connectivity index (χ4n) is 8.45. The van der Waals surface area contributed by atoms with Crippen LogP contribution >= 0.6 is 0 Å². The van der Waals surface area contributed by atoms with Gasteiger partial charge in [-0.3, -0.25) is 0 Å². The van der Waals surface area contributed by atoms with Crippen LogP contribution in [-0.4, -0.2) is 59.0 Å². The van der Waals surface area contributed by atoms with E-state index in [1.54, 1.807) is 24.3 Å². The molecule has 1 heterocycles. The summed E-state index contributed by atoms with van der Waals surface area (Å²) in [5.41, 5.74) is 0.208. The van der Waals surface area contributed by atoms with Crippen molar-refractivity contribution in [2.75, 3.05) is 13.1 Å². The monoisotopic (exact) mass is 597 g/mol. The number of allylic oxidation sites excluding steroid dienone is 11. The minimum atomic E-state index is -4.72. The summed E-state index contributed by atoms with van der Waals surface area (Å²) in [4.78, 5) is 0. The normalized spacial score (nSPS) is 36.4. The molecule has 3 aliphatic carbocycles. The Morgan fingerprint density at radius 3 is 2.23 bits per heavy atom. The first-order valence-corrected chi connectivity index (χ1v) is 15.7. The second-order valence-corrected chi connectivity index (χ2v) is 13.5. The Hall–Kier alpha value is -2.55. The molecule has 0 spiro atoms. The molecule has 0 aromatic heterocycles. The molecular formula is C35H50BF2NO4. The Kier molecular flexibility index (Phi) is 9.66. The standard InChI is InChI=1S/C35H50BF2NO4/c1-9-21-34-23-26(17-13-24(5)6)33(7,8)35(22-10-2,32(34)41)31-29(30(34)40)28(42-36(37,38)43-31)20-16-25-14-18-27(19-15-25)39(11-3)12-4/h9-10,13-16,18-20,26,29-32,40-41H,1-2,11-12,17,21-23H2,3-8H3/b28-20-/t26-,29?,30?,31?,32?,34-,35+/m1/s1. The molecule has 0 amide bonds. The zero-order valence-electron chi connectivity index (χ0n) is 26.7. The molecule has 236 valence electrons. The molecule has 4 unspecified atom stereocenters. The van der Waals surface area contributed by atoms with E-state index in [1.807, 2.05) is 52.0 Å². The highest BCUT2D eigenvalue weighted by atomic mass is 19.3. The van der Waals surface area contributed by atoms with Gasteiger partial charge in [0.2, 0.25) is 0 Å². The van der Waals surface area contributed by atoms with Gasteiger partial charge in [-0.05, 0) is 88.5 Å². The molecule has 8 heteroatoms. The van der Waals surface area contributed by atoms with Gasteiger partial charge in [-0.25, -0.2) is 4.58 Å². The van der Waals surface area contributed by atoms with Gasteiger partial charge >= 0.3 is 7.11 Å². The lowest BCUT2D eigenvalue weighted by Gasteiger charge is -2.73. The van der Waals surface area contributed by atoms with Crippen LogP contribution in [0.2, 0.25) is 0 Å². The van der Waals surface area contributed by atoms with Gasteiger partial charge in [0.25, 0.3) is 0 Å². The van der Waals surface area contributed by atoms with E-state index in [0.29, 0.717) is 19.3 Å². The third kappa shape index (κ3) is 5.60. The highest BCUT2D eigenvalue weighted by Gasteiger charge is 2.75. The van der Waals surface area contributed by atoms with Gasteiger partial charge in [-0.2, -0.15) is 0 Å². The molecule has 2 bridgehead atoms. The first kappa shape index (κ1) is 33.4. The Morgan fingerprint density at radius 2 is 1.67 bits per heavy atom. The predicted molar refractivity (Wildman–Crippen MR) is 171 cm³/mol. The zero-order valence-corrected chi connectivity index (χ0v) is 26.7. The van der Waals surface area contributed by atoms with Crippen molar-refractivity contribution in [3.05, 3.63) is 84.7 Å². The Balaban J connectivity index is 1.88. The number of halogens is 2. The van der Waals surface area contributed by atoms with Gasteiger partial charge in [0.15, 0.2) is 5.71 Å². The summed E-state index contributed by atoms with van der Waals surface area (Å²) in [6.07, 6.45) is 15.0. The Bertz CT molecular complexity index is 1270. The topological polar surface area (TPSA) is 61.9 Å². The summed E-state index contributed by atoms with van der Waals surface area (Å²) in [5, 5.41) is 24.5. The predicted octanol–water partition coefficient (Wildman–Crippen LogP) is 7.09. The van der Waals surface area contributed by atoms with Gasteiger partial charge < -0.3 is 28.2 Å². The molecule has 1 saturated heterocycles. The molecule has 1 aliphatic heterocycles. The highest BCUT2D eigenvalue weighted by Crippen LogP contribution is 2.71. The quantitative estimate of drug-likeness (QED) is 0.169. The fraction of sp³-hybridized carbons (Fsp3) is 0.571. The molecule has 5 nitrogen and oxygen atoms in total. The molecular weight excluding hydrogens is 547 g/mol. The van der Waals surface area contributed by atoms with Gasteiger partial charge in [-0.1, -0.05) is 43.7 Å². The van der Waals surface area contributed by atoms with Crippen LogP contribution in [-0.2, 0) is 9.31 Å². The van der Waals surface area contributed by atoms with Gasteiger partial charge in [0.05, 0.1) is 23.9 Å². The van der Waals surface area contributed by atoms with Crippen LogP contribution in [0.4, 0.5) is 8.63 Å². The summed E-state index contributed by atoms with van der Waals surface area (Å²) in [7, 11) is -4.72.